The second-order valence-corrected chi connectivity index (χ2v) is 5.43. The maximum absolute atomic E-state index is 4.75. The summed E-state index contributed by atoms with van der Waals surface area (Å²) in [5, 5.41) is 0. The van der Waals surface area contributed by atoms with Crippen LogP contribution in [0.15, 0.2) is 59.1 Å². The van der Waals surface area contributed by atoms with Crippen molar-refractivity contribution in [3.8, 4) is 0 Å². The van der Waals surface area contributed by atoms with E-state index in [0.717, 1.165) is 17.0 Å². The molecule has 0 radical (unpaired) electrons. The van der Waals surface area contributed by atoms with Crippen LogP contribution >= 0.6 is 0 Å². The molecule has 0 N–H and O–H groups in total. The second-order valence-electron chi connectivity index (χ2n) is 5.43. The van der Waals surface area contributed by atoms with E-state index in [0.29, 0.717) is 5.92 Å². The molecule has 0 heterocycles. The molecule has 0 unspecified atom stereocenters. The first kappa shape index (κ1) is 13.5. The molecule has 1 aromatic carbocycles. The van der Waals surface area contributed by atoms with Gasteiger partial charge in [-0.25, -0.2) is 4.99 Å². The molecular formula is C18H21N. The Morgan fingerprint density at radius 1 is 1.11 bits per heavy atom. The summed E-state index contributed by atoms with van der Waals surface area (Å²) in [4.78, 5) is 4.75. The zero-order valence-corrected chi connectivity index (χ0v) is 12.2. The molecule has 0 aromatic heterocycles. The van der Waals surface area contributed by atoms with Gasteiger partial charge in [-0.05, 0) is 54.2 Å². The third kappa shape index (κ3) is 3.11. The van der Waals surface area contributed by atoms with Gasteiger partial charge in [0.2, 0.25) is 0 Å². The van der Waals surface area contributed by atoms with Gasteiger partial charge >= 0.3 is 0 Å². The van der Waals surface area contributed by atoms with E-state index < -0.39 is 0 Å². The van der Waals surface area contributed by atoms with Crippen LogP contribution in [-0.4, -0.2) is 5.71 Å². The summed E-state index contributed by atoms with van der Waals surface area (Å²) in [6.07, 6.45) is 6.10. The summed E-state index contributed by atoms with van der Waals surface area (Å²) in [6.45, 7) is 12.6. The third-order valence-corrected chi connectivity index (χ3v) is 3.39. The highest BCUT2D eigenvalue weighted by Crippen LogP contribution is 2.25. The molecule has 0 fully saturated rings. The van der Waals surface area contributed by atoms with Crippen molar-refractivity contribution in [3.63, 3.8) is 0 Å². The molecule has 0 bridgehead atoms. The van der Waals surface area contributed by atoms with Crippen LogP contribution in [-0.2, 0) is 0 Å². The number of rotatable bonds is 2. The predicted molar refractivity (Wildman–Crippen MR) is 84.4 cm³/mol. The lowest BCUT2D eigenvalue weighted by Crippen LogP contribution is -2.00. The Bertz CT molecular complexity index is 598. The SMILES string of the molecule is C=C1C=CC(=Nc2ccc(C(C)C)cc2C)C(C)=C1. The van der Waals surface area contributed by atoms with Gasteiger partial charge in [0.25, 0.3) is 0 Å². The Balaban J connectivity index is 2.36. The minimum Gasteiger partial charge on any atom is -0.249 e. The molecule has 19 heavy (non-hydrogen) atoms. The van der Waals surface area contributed by atoms with Crippen LogP contribution in [0.5, 0.6) is 0 Å². The van der Waals surface area contributed by atoms with E-state index >= 15 is 0 Å². The van der Waals surface area contributed by atoms with Crippen LogP contribution in [0.2, 0.25) is 0 Å². The Hall–Kier alpha value is -1.89. The highest BCUT2D eigenvalue weighted by molar-refractivity contribution is 6.11. The molecule has 0 atom stereocenters. The molecule has 1 aliphatic rings. The van der Waals surface area contributed by atoms with Crippen LogP contribution in [0.25, 0.3) is 0 Å². The smallest absolute Gasteiger partial charge is 0.0666 e. The normalized spacial score (nSPS) is 17.2. The van der Waals surface area contributed by atoms with Gasteiger partial charge in [-0.1, -0.05) is 44.7 Å². The number of aryl methyl sites for hydroxylation is 1. The highest BCUT2D eigenvalue weighted by atomic mass is 14.7. The Labute approximate surface area is 116 Å². The number of hydrogen-bond donors (Lipinski definition) is 0. The average molecular weight is 251 g/mol. The number of benzene rings is 1. The molecule has 1 aromatic rings. The first-order valence-corrected chi connectivity index (χ1v) is 6.72. The number of aliphatic imine (C=N–C) groups is 1. The topological polar surface area (TPSA) is 12.4 Å². The number of nitrogens with zero attached hydrogens (tertiary/aromatic N) is 1. The Kier molecular flexibility index (Phi) is 3.84. The van der Waals surface area contributed by atoms with Crippen molar-refractivity contribution >= 4 is 11.4 Å². The van der Waals surface area contributed by atoms with Gasteiger partial charge < -0.3 is 0 Å². The van der Waals surface area contributed by atoms with Crippen molar-refractivity contribution in [3.05, 3.63) is 65.3 Å². The van der Waals surface area contributed by atoms with E-state index in [4.69, 9.17) is 4.99 Å². The maximum atomic E-state index is 4.75. The largest absolute Gasteiger partial charge is 0.249 e. The number of hydrogen-bond acceptors (Lipinski definition) is 1. The standard InChI is InChI=1S/C18H21N/c1-12(2)16-7-9-18(15(5)11-16)19-17-8-6-13(3)10-14(17)4/h6-12H,3H2,1-2,4-5H3. The Morgan fingerprint density at radius 2 is 1.84 bits per heavy atom. The molecule has 0 saturated heterocycles. The van der Waals surface area contributed by atoms with Crippen molar-refractivity contribution < 1.29 is 0 Å². The lowest BCUT2D eigenvalue weighted by molar-refractivity contribution is 0.865. The van der Waals surface area contributed by atoms with Crippen molar-refractivity contribution in [1.29, 1.82) is 0 Å². The van der Waals surface area contributed by atoms with Crippen LogP contribution in [0, 0.1) is 6.92 Å². The van der Waals surface area contributed by atoms with Gasteiger partial charge in [-0.15, -0.1) is 0 Å². The van der Waals surface area contributed by atoms with Gasteiger partial charge in [0.1, 0.15) is 0 Å². The van der Waals surface area contributed by atoms with E-state index in [1.807, 2.05) is 12.2 Å². The molecular weight excluding hydrogens is 230 g/mol. The van der Waals surface area contributed by atoms with E-state index in [1.165, 1.54) is 16.7 Å². The molecule has 1 aliphatic carbocycles. The van der Waals surface area contributed by atoms with Crippen molar-refractivity contribution in [1.82, 2.24) is 0 Å². The zero-order chi connectivity index (χ0) is 14.0. The van der Waals surface area contributed by atoms with Gasteiger partial charge in [0.05, 0.1) is 11.4 Å². The molecule has 2 rings (SSSR count). The highest BCUT2D eigenvalue weighted by Gasteiger charge is 2.07. The molecule has 98 valence electrons. The van der Waals surface area contributed by atoms with Gasteiger partial charge in [-0.3, -0.25) is 0 Å². The maximum Gasteiger partial charge on any atom is 0.0666 e. The minimum absolute atomic E-state index is 0.555. The second kappa shape index (κ2) is 5.40. The summed E-state index contributed by atoms with van der Waals surface area (Å²) in [5.41, 5.74) is 6.85. The Morgan fingerprint density at radius 3 is 2.42 bits per heavy atom. The summed E-state index contributed by atoms with van der Waals surface area (Å²) in [5.74, 6) is 0.555. The monoisotopic (exact) mass is 251 g/mol. The third-order valence-electron chi connectivity index (χ3n) is 3.39. The lowest BCUT2D eigenvalue weighted by Gasteiger charge is -2.11. The quantitative estimate of drug-likeness (QED) is 0.679. The fourth-order valence-corrected chi connectivity index (χ4v) is 2.14. The first-order chi connectivity index (χ1) is 8.97. The van der Waals surface area contributed by atoms with Gasteiger partial charge in [0.15, 0.2) is 0 Å². The van der Waals surface area contributed by atoms with Crippen molar-refractivity contribution in [2.24, 2.45) is 4.99 Å². The van der Waals surface area contributed by atoms with Crippen molar-refractivity contribution in [2.45, 2.75) is 33.6 Å². The van der Waals surface area contributed by atoms with E-state index in [-0.39, 0.29) is 0 Å². The molecule has 1 heteroatoms. The van der Waals surface area contributed by atoms with Gasteiger partial charge in [0, 0.05) is 0 Å². The first-order valence-electron chi connectivity index (χ1n) is 6.72. The zero-order valence-electron chi connectivity index (χ0n) is 12.2. The van der Waals surface area contributed by atoms with E-state index in [9.17, 15) is 0 Å². The minimum atomic E-state index is 0.555. The number of allylic oxidation sites excluding steroid dienone is 5. The summed E-state index contributed by atoms with van der Waals surface area (Å²) in [6, 6.07) is 6.51. The summed E-state index contributed by atoms with van der Waals surface area (Å²) in [7, 11) is 0. The predicted octanol–water partition coefficient (Wildman–Crippen LogP) is 5.26. The van der Waals surface area contributed by atoms with Crippen LogP contribution in [0.3, 0.4) is 0 Å². The molecule has 1 nitrogen and oxygen atoms in total. The van der Waals surface area contributed by atoms with Crippen LogP contribution in [0.4, 0.5) is 5.69 Å². The fraction of sp³-hybridized carbons (Fsp3) is 0.278. The molecule has 0 amide bonds. The van der Waals surface area contributed by atoms with Crippen LogP contribution in [0.1, 0.15) is 37.8 Å². The van der Waals surface area contributed by atoms with E-state index in [1.54, 1.807) is 0 Å². The fourth-order valence-electron chi connectivity index (χ4n) is 2.14. The van der Waals surface area contributed by atoms with Crippen molar-refractivity contribution in [2.75, 3.05) is 0 Å². The molecule has 0 saturated carbocycles. The molecule has 0 spiro atoms. The lowest BCUT2D eigenvalue weighted by atomic mass is 9.99. The van der Waals surface area contributed by atoms with Gasteiger partial charge in [-0.2, -0.15) is 0 Å². The average Bonchev–Trinajstić information content (AvgIpc) is 2.34. The molecule has 0 aliphatic heterocycles. The van der Waals surface area contributed by atoms with Crippen LogP contribution < -0.4 is 0 Å². The summed E-state index contributed by atoms with van der Waals surface area (Å²) < 4.78 is 0. The summed E-state index contributed by atoms with van der Waals surface area (Å²) >= 11 is 0. The van der Waals surface area contributed by atoms with E-state index in [2.05, 4.69) is 58.5 Å².